The molecular formula is C24H26N6O. The number of aryl methyl sites for hydroxylation is 1. The van der Waals surface area contributed by atoms with E-state index in [0.29, 0.717) is 5.65 Å². The Hall–Kier alpha value is -3.87. The number of carbonyl (C=O) groups excluding carboxylic acids is 1. The zero-order valence-corrected chi connectivity index (χ0v) is 17.9. The molecule has 2 aromatic carbocycles. The third-order valence-corrected chi connectivity index (χ3v) is 5.35. The molecule has 0 saturated carbocycles. The maximum atomic E-state index is 12.6. The lowest BCUT2D eigenvalue weighted by Gasteiger charge is -2.24. The fourth-order valence-electron chi connectivity index (χ4n) is 3.78. The number of fused-ring (bicyclic) bond motifs is 1. The van der Waals surface area contributed by atoms with E-state index in [1.54, 1.807) is 6.20 Å². The maximum Gasteiger partial charge on any atom is 0.323 e. The average Bonchev–Trinajstić information content (AvgIpc) is 3.17. The monoisotopic (exact) mass is 414 g/mol. The molecule has 0 aliphatic heterocycles. The van der Waals surface area contributed by atoms with Crippen LogP contribution >= 0.6 is 0 Å². The minimum absolute atomic E-state index is 0.274. The van der Waals surface area contributed by atoms with Crippen LogP contribution in [-0.2, 0) is 0 Å². The molecule has 0 spiro atoms. The average molecular weight is 415 g/mol. The van der Waals surface area contributed by atoms with Gasteiger partial charge in [0.1, 0.15) is 0 Å². The number of para-hydroxylation sites is 2. The van der Waals surface area contributed by atoms with Crippen molar-refractivity contribution >= 4 is 34.1 Å². The van der Waals surface area contributed by atoms with Crippen LogP contribution in [0.1, 0.15) is 19.5 Å². The number of hydrogen-bond donors (Lipinski definition) is 3. The largest absolute Gasteiger partial charge is 0.370 e. The topological polar surface area (TPSA) is 85.9 Å². The van der Waals surface area contributed by atoms with E-state index < -0.39 is 0 Å². The van der Waals surface area contributed by atoms with Crippen LogP contribution in [0.15, 0.2) is 60.8 Å². The number of nitrogens with one attached hydrogen (secondary N) is 3. The highest BCUT2D eigenvalue weighted by molar-refractivity contribution is 6.02. The number of H-pyrrole nitrogens is 1. The first kappa shape index (κ1) is 20.4. The van der Waals surface area contributed by atoms with Crippen molar-refractivity contribution in [3.05, 3.63) is 66.5 Å². The molecule has 2 aromatic heterocycles. The van der Waals surface area contributed by atoms with Gasteiger partial charge in [0.15, 0.2) is 5.65 Å². The highest BCUT2D eigenvalue weighted by Gasteiger charge is 2.12. The molecular weight excluding hydrogens is 388 g/mol. The number of rotatable bonds is 6. The molecule has 0 aliphatic rings. The van der Waals surface area contributed by atoms with Crippen molar-refractivity contribution in [2.75, 3.05) is 28.6 Å². The Balaban J connectivity index is 1.50. The SMILES string of the molecule is CCN(CC)c1ccccc1NC(=O)Nc1ccc(-c2ccnc3n[nH]c(C)c23)cc1. The first-order chi connectivity index (χ1) is 15.1. The van der Waals surface area contributed by atoms with Gasteiger partial charge >= 0.3 is 6.03 Å². The Kier molecular flexibility index (Phi) is 5.84. The van der Waals surface area contributed by atoms with Gasteiger partial charge in [-0.2, -0.15) is 5.10 Å². The Morgan fingerprint density at radius 2 is 1.74 bits per heavy atom. The summed E-state index contributed by atoms with van der Waals surface area (Å²) >= 11 is 0. The van der Waals surface area contributed by atoms with E-state index in [1.165, 1.54) is 0 Å². The van der Waals surface area contributed by atoms with Crippen molar-refractivity contribution < 1.29 is 4.79 Å². The minimum atomic E-state index is -0.274. The van der Waals surface area contributed by atoms with Crippen LogP contribution in [0, 0.1) is 6.92 Å². The number of hydrogen-bond acceptors (Lipinski definition) is 4. The summed E-state index contributed by atoms with van der Waals surface area (Å²) in [6.07, 6.45) is 1.75. The Labute approximate surface area is 181 Å². The number of nitrogens with zero attached hydrogens (tertiary/aromatic N) is 3. The summed E-state index contributed by atoms with van der Waals surface area (Å²) in [6, 6.07) is 17.3. The summed E-state index contributed by atoms with van der Waals surface area (Å²) in [5.41, 5.74) is 6.28. The zero-order chi connectivity index (χ0) is 21.8. The van der Waals surface area contributed by atoms with Crippen LogP contribution in [0.3, 0.4) is 0 Å². The van der Waals surface area contributed by atoms with Crippen molar-refractivity contribution in [1.82, 2.24) is 15.2 Å². The van der Waals surface area contributed by atoms with E-state index in [-0.39, 0.29) is 6.03 Å². The van der Waals surface area contributed by atoms with Gasteiger partial charge in [-0.15, -0.1) is 0 Å². The highest BCUT2D eigenvalue weighted by Crippen LogP contribution is 2.30. The summed E-state index contributed by atoms with van der Waals surface area (Å²) in [7, 11) is 0. The van der Waals surface area contributed by atoms with Crippen molar-refractivity contribution in [3.63, 3.8) is 0 Å². The van der Waals surface area contributed by atoms with E-state index in [9.17, 15) is 4.79 Å². The van der Waals surface area contributed by atoms with E-state index >= 15 is 0 Å². The van der Waals surface area contributed by atoms with Crippen molar-refractivity contribution in [2.45, 2.75) is 20.8 Å². The van der Waals surface area contributed by atoms with Crippen LogP contribution in [0.5, 0.6) is 0 Å². The van der Waals surface area contributed by atoms with E-state index in [2.05, 4.69) is 44.6 Å². The van der Waals surface area contributed by atoms with E-state index in [4.69, 9.17) is 0 Å². The van der Waals surface area contributed by atoms with Crippen molar-refractivity contribution in [1.29, 1.82) is 0 Å². The molecule has 0 radical (unpaired) electrons. The summed E-state index contributed by atoms with van der Waals surface area (Å²) in [4.78, 5) is 19.1. The zero-order valence-electron chi connectivity index (χ0n) is 17.9. The summed E-state index contributed by atoms with van der Waals surface area (Å²) in [5, 5.41) is 14.1. The number of aromatic amines is 1. The number of anilines is 3. The van der Waals surface area contributed by atoms with Crippen LogP contribution in [0.25, 0.3) is 22.2 Å². The third-order valence-electron chi connectivity index (χ3n) is 5.35. The second-order valence-electron chi connectivity index (χ2n) is 7.25. The first-order valence-corrected chi connectivity index (χ1v) is 10.4. The molecule has 2 heterocycles. The second kappa shape index (κ2) is 8.87. The molecule has 4 rings (SSSR count). The number of aromatic nitrogens is 3. The molecule has 2 amide bonds. The molecule has 0 saturated heterocycles. The minimum Gasteiger partial charge on any atom is -0.370 e. The van der Waals surface area contributed by atoms with Gasteiger partial charge in [0.25, 0.3) is 0 Å². The smallest absolute Gasteiger partial charge is 0.323 e. The first-order valence-electron chi connectivity index (χ1n) is 10.4. The molecule has 4 aromatic rings. The number of pyridine rings is 1. The number of amides is 2. The van der Waals surface area contributed by atoms with Gasteiger partial charge in [0.2, 0.25) is 0 Å². The van der Waals surface area contributed by atoms with Crippen molar-refractivity contribution in [3.8, 4) is 11.1 Å². The molecule has 0 aliphatic carbocycles. The fraction of sp³-hybridized carbons (Fsp3) is 0.208. The van der Waals surface area contributed by atoms with Crippen molar-refractivity contribution in [2.24, 2.45) is 0 Å². The van der Waals surface area contributed by atoms with Gasteiger partial charge in [-0.1, -0.05) is 24.3 Å². The van der Waals surface area contributed by atoms with Crippen LogP contribution in [-0.4, -0.2) is 34.3 Å². The normalized spacial score (nSPS) is 10.8. The predicted octanol–water partition coefficient (Wildman–Crippen LogP) is 5.42. The Bertz CT molecular complexity index is 1190. The third kappa shape index (κ3) is 4.21. The maximum absolute atomic E-state index is 12.6. The van der Waals surface area contributed by atoms with Gasteiger partial charge in [-0.25, -0.2) is 9.78 Å². The molecule has 3 N–H and O–H groups in total. The van der Waals surface area contributed by atoms with Gasteiger partial charge in [0, 0.05) is 36.1 Å². The number of benzene rings is 2. The van der Waals surface area contributed by atoms with Gasteiger partial charge in [-0.05, 0) is 62.2 Å². The predicted molar refractivity (Wildman–Crippen MR) is 127 cm³/mol. The van der Waals surface area contributed by atoms with Crippen LogP contribution < -0.4 is 15.5 Å². The Morgan fingerprint density at radius 1 is 1.00 bits per heavy atom. The standard InChI is InChI=1S/C24H26N6O/c1-4-30(5-2)21-9-7-6-8-20(21)27-24(31)26-18-12-10-17(11-13-18)19-14-15-25-23-22(19)16(3)28-29-23/h6-15H,4-5H2,1-3H3,(H,25,28,29)(H2,26,27,31). The number of urea groups is 1. The molecule has 31 heavy (non-hydrogen) atoms. The Morgan fingerprint density at radius 3 is 2.48 bits per heavy atom. The van der Waals surface area contributed by atoms with Gasteiger partial charge in [0.05, 0.1) is 11.4 Å². The van der Waals surface area contributed by atoms with E-state index in [1.807, 2.05) is 61.5 Å². The summed E-state index contributed by atoms with van der Waals surface area (Å²) in [6.45, 7) is 7.93. The lowest BCUT2D eigenvalue weighted by Crippen LogP contribution is -2.25. The molecule has 0 fully saturated rings. The summed E-state index contributed by atoms with van der Waals surface area (Å²) in [5.74, 6) is 0. The molecule has 158 valence electrons. The second-order valence-corrected chi connectivity index (χ2v) is 7.25. The van der Waals surface area contributed by atoms with E-state index in [0.717, 1.165) is 52.4 Å². The lowest BCUT2D eigenvalue weighted by atomic mass is 10.0. The summed E-state index contributed by atoms with van der Waals surface area (Å²) < 4.78 is 0. The number of carbonyl (C=O) groups is 1. The molecule has 0 atom stereocenters. The molecule has 7 nitrogen and oxygen atoms in total. The van der Waals surface area contributed by atoms with Crippen LogP contribution in [0.2, 0.25) is 0 Å². The molecule has 0 bridgehead atoms. The highest BCUT2D eigenvalue weighted by atomic mass is 16.2. The molecule has 0 unspecified atom stereocenters. The van der Waals surface area contributed by atoms with Gasteiger partial charge < -0.3 is 15.5 Å². The van der Waals surface area contributed by atoms with Crippen LogP contribution in [0.4, 0.5) is 21.9 Å². The lowest BCUT2D eigenvalue weighted by molar-refractivity contribution is 0.262. The quantitative estimate of drug-likeness (QED) is 0.393. The fourth-order valence-corrected chi connectivity index (χ4v) is 3.78. The van der Waals surface area contributed by atoms with Gasteiger partial charge in [-0.3, -0.25) is 5.10 Å². The molecule has 7 heteroatoms.